The molecule has 3 nitrogen and oxygen atoms in total. The molecule has 2 N–H and O–H groups in total. The number of aromatic nitrogens is 2. The van der Waals surface area contributed by atoms with Gasteiger partial charge in [0.2, 0.25) is 5.56 Å². The second-order valence-corrected chi connectivity index (χ2v) is 4.82. The molecule has 0 amide bonds. The molecule has 0 aliphatic rings. The van der Waals surface area contributed by atoms with Gasteiger partial charge < -0.3 is 9.97 Å². The first kappa shape index (κ1) is 13.5. The fourth-order valence-electron chi connectivity index (χ4n) is 2.66. The molecule has 0 unspecified atom stereocenters. The Morgan fingerprint density at radius 3 is 2.57 bits per heavy atom. The average Bonchev–Trinajstić information content (AvgIpc) is 2.71. The Bertz CT molecular complexity index is 932. The third-order valence-electron chi connectivity index (χ3n) is 3.52. The van der Waals surface area contributed by atoms with Gasteiger partial charge in [-0.15, -0.1) is 0 Å². The van der Waals surface area contributed by atoms with E-state index >= 15 is 0 Å². The van der Waals surface area contributed by atoms with E-state index in [-0.39, 0.29) is 10.9 Å². The molecular formula is C15H11F3N2O. The number of fused-ring (bicyclic) bond motifs is 3. The Morgan fingerprint density at radius 2 is 1.95 bits per heavy atom. The quantitative estimate of drug-likeness (QED) is 0.700. The van der Waals surface area contributed by atoms with Crippen LogP contribution in [0.2, 0.25) is 0 Å². The first-order chi connectivity index (χ1) is 9.82. The monoisotopic (exact) mass is 292 g/mol. The molecule has 6 heteroatoms. The molecule has 3 aromatic rings. The number of rotatable bonds is 1. The smallest absolute Gasteiger partial charge is 0.358 e. The van der Waals surface area contributed by atoms with Gasteiger partial charge in [0.1, 0.15) is 0 Å². The highest BCUT2D eigenvalue weighted by Crippen LogP contribution is 2.37. The van der Waals surface area contributed by atoms with Crippen LogP contribution in [-0.2, 0) is 6.18 Å². The molecule has 108 valence electrons. The topological polar surface area (TPSA) is 48.6 Å². The van der Waals surface area contributed by atoms with Crippen molar-refractivity contribution in [1.29, 1.82) is 0 Å². The molecule has 0 fully saturated rings. The molecule has 0 saturated heterocycles. The van der Waals surface area contributed by atoms with Crippen LogP contribution >= 0.6 is 0 Å². The minimum absolute atomic E-state index is 0.0317. The Hall–Kier alpha value is -2.50. The van der Waals surface area contributed by atoms with E-state index in [1.807, 2.05) is 0 Å². The van der Waals surface area contributed by atoms with Crippen LogP contribution in [-0.4, -0.2) is 9.97 Å². The van der Waals surface area contributed by atoms with Gasteiger partial charge in [0.15, 0.2) is 0 Å². The summed E-state index contributed by atoms with van der Waals surface area (Å²) in [5, 5.41) is 0.614. The normalized spacial score (nSPS) is 12.2. The standard InChI is InChI=1S/C15H11F3N2O/c1-3-8-7(2)19-14-9(8)4-5-11-13(14)10(15(16,17)18)6-12(21)20-11/h3-6,19H,1H2,2H3,(H,20,21). The lowest BCUT2D eigenvalue weighted by molar-refractivity contribution is -0.136. The van der Waals surface area contributed by atoms with Crippen molar-refractivity contribution in [3.05, 3.63) is 52.0 Å². The van der Waals surface area contributed by atoms with Crippen molar-refractivity contribution < 1.29 is 13.2 Å². The molecule has 2 aromatic heterocycles. The number of H-pyrrole nitrogens is 2. The Labute approximate surface area is 117 Å². The van der Waals surface area contributed by atoms with E-state index < -0.39 is 17.3 Å². The molecule has 0 radical (unpaired) electrons. The van der Waals surface area contributed by atoms with E-state index in [1.54, 1.807) is 19.1 Å². The van der Waals surface area contributed by atoms with Crippen LogP contribution in [0.3, 0.4) is 0 Å². The third kappa shape index (κ3) is 1.94. The average molecular weight is 292 g/mol. The van der Waals surface area contributed by atoms with Crippen molar-refractivity contribution in [2.45, 2.75) is 13.1 Å². The SMILES string of the molecule is C=Cc1c(C)[nH]c2c1ccc1[nH]c(=O)cc(C(F)(F)F)c12. The van der Waals surface area contributed by atoms with Gasteiger partial charge >= 0.3 is 6.18 Å². The second kappa shape index (κ2) is 4.25. The number of aromatic amines is 2. The molecule has 2 heterocycles. The number of benzene rings is 1. The van der Waals surface area contributed by atoms with Crippen LogP contribution < -0.4 is 5.56 Å². The summed E-state index contributed by atoms with van der Waals surface area (Å²) in [5.41, 5.74) is 0.269. The number of pyridine rings is 1. The van der Waals surface area contributed by atoms with Gasteiger partial charge in [-0.05, 0) is 13.0 Å². The van der Waals surface area contributed by atoms with Crippen molar-refractivity contribution >= 4 is 27.9 Å². The van der Waals surface area contributed by atoms with Crippen LogP contribution in [0.4, 0.5) is 13.2 Å². The minimum atomic E-state index is -4.60. The van der Waals surface area contributed by atoms with Gasteiger partial charge in [0, 0.05) is 28.1 Å². The highest BCUT2D eigenvalue weighted by atomic mass is 19.4. The van der Waals surface area contributed by atoms with Gasteiger partial charge in [-0.25, -0.2) is 0 Å². The predicted octanol–water partition coefficient (Wildman–Crippen LogP) is 3.98. The summed E-state index contributed by atoms with van der Waals surface area (Å²) < 4.78 is 39.7. The first-order valence-corrected chi connectivity index (χ1v) is 6.21. The highest BCUT2D eigenvalue weighted by Gasteiger charge is 2.34. The molecule has 0 bridgehead atoms. The van der Waals surface area contributed by atoms with E-state index in [4.69, 9.17) is 0 Å². The van der Waals surface area contributed by atoms with Crippen molar-refractivity contribution in [3.63, 3.8) is 0 Å². The number of aryl methyl sites for hydroxylation is 1. The zero-order valence-corrected chi connectivity index (χ0v) is 11.1. The number of nitrogens with one attached hydrogen (secondary N) is 2. The van der Waals surface area contributed by atoms with Gasteiger partial charge in [-0.1, -0.05) is 18.7 Å². The third-order valence-corrected chi connectivity index (χ3v) is 3.52. The molecular weight excluding hydrogens is 281 g/mol. The number of hydrogen-bond acceptors (Lipinski definition) is 1. The van der Waals surface area contributed by atoms with Crippen LogP contribution in [0.1, 0.15) is 16.8 Å². The Kier molecular flexibility index (Phi) is 2.73. The fraction of sp³-hybridized carbons (Fsp3) is 0.133. The number of hydrogen-bond donors (Lipinski definition) is 2. The summed E-state index contributed by atoms with van der Waals surface area (Å²) in [6, 6.07) is 3.74. The summed E-state index contributed by atoms with van der Waals surface area (Å²) in [5.74, 6) is 0. The van der Waals surface area contributed by atoms with Gasteiger partial charge in [0.05, 0.1) is 16.6 Å². The first-order valence-electron chi connectivity index (χ1n) is 6.21. The van der Waals surface area contributed by atoms with E-state index in [2.05, 4.69) is 16.5 Å². The number of alkyl halides is 3. The molecule has 21 heavy (non-hydrogen) atoms. The lowest BCUT2D eigenvalue weighted by Gasteiger charge is -2.10. The van der Waals surface area contributed by atoms with Crippen LogP contribution in [0, 0.1) is 6.92 Å². The van der Waals surface area contributed by atoms with Gasteiger partial charge in [0.25, 0.3) is 0 Å². The van der Waals surface area contributed by atoms with Gasteiger partial charge in [-0.2, -0.15) is 13.2 Å². The molecule has 0 atom stereocenters. The maximum Gasteiger partial charge on any atom is 0.417 e. The largest absolute Gasteiger partial charge is 0.417 e. The molecule has 0 saturated carbocycles. The van der Waals surface area contributed by atoms with Crippen molar-refractivity contribution in [2.24, 2.45) is 0 Å². The van der Waals surface area contributed by atoms with E-state index in [0.29, 0.717) is 17.0 Å². The second-order valence-electron chi connectivity index (χ2n) is 4.82. The molecule has 3 rings (SSSR count). The van der Waals surface area contributed by atoms with E-state index in [1.165, 1.54) is 6.07 Å². The number of halogens is 3. The van der Waals surface area contributed by atoms with Crippen molar-refractivity contribution in [2.75, 3.05) is 0 Å². The van der Waals surface area contributed by atoms with Crippen LogP contribution in [0.25, 0.3) is 27.9 Å². The predicted molar refractivity (Wildman–Crippen MR) is 76.3 cm³/mol. The summed E-state index contributed by atoms with van der Waals surface area (Å²) in [7, 11) is 0. The molecule has 0 aliphatic carbocycles. The summed E-state index contributed by atoms with van der Waals surface area (Å²) in [6.45, 7) is 5.45. The molecule has 0 aliphatic heterocycles. The fourth-order valence-corrected chi connectivity index (χ4v) is 2.66. The van der Waals surface area contributed by atoms with Gasteiger partial charge in [-0.3, -0.25) is 4.79 Å². The van der Waals surface area contributed by atoms with Crippen LogP contribution in [0.15, 0.2) is 29.6 Å². The maximum atomic E-state index is 13.2. The summed E-state index contributed by atoms with van der Waals surface area (Å²) in [6.07, 6.45) is -3.01. The summed E-state index contributed by atoms with van der Waals surface area (Å²) >= 11 is 0. The maximum absolute atomic E-state index is 13.2. The molecule has 1 aromatic carbocycles. The van der Waals surface area contributed by atoms with E-state index in [0.717, 1.165) is 11.3 Å². The van der Waals surface area contributed by atoms with Crippen molar-refractivity contribution in [1.82, 2.24) is 9.97 Å². The highest BCUT2D eigenvalue weighted by molar-refractivity contribution is 6.09. The minimum Gasteiger partial charge on any atom is -0.358 e. The van der Waals surface area contributed by atoms with E-state index in [9.17, 15) is 18.0 Å². The summed E-state index contributed by atoms with van der Waals surface area (Å²) in [4.78, 5) is 16.8. The zero-order chi connectivity index (χ0) is 15.4. The van der Waals surface area contributed by atoms with Crippen molar-refractivity contribution in [3.8, 4) is 0 Å². The lowest BCUT2D eigenvalue weighted by atomic mass is 10.0. The Balaban J connectivity index is 2.61. The van der Waals surface area contributed by atoms with Crippen LogP contribution in [0.5, 0.6) is 0 Å². The molecule has 0 spiro atoms. The lowest BCUT2D eigenvalue weighted by Crippen LogP contribution is -2.14. The Morgan fingerprint density at radius 1 is 1.24 bits per heavy atom. The zero-order valence-electron chi connectivity index (χ0n) is 11.1.